The Balaban J connectivity index is 2.86. The fraction of sp³-hybridized carbons (Fsp3) is 0.400. The zero-order valence-electron chi connectivity index (χ0n) is 12.1. The van der Waals surface area contributed by atoms with E-state index in [0.717, 1.165) is 6.08 Å². The van der Waals surface area contributed by atoms with Gasteiger partial charge in [-0.3, -0.25) is 0 Å². The summed E-state index contributed by atoms with van der Waals surface area (Å²) in [5.74, 6) is -1.85. The van der Waals surface area contributed by atoms with Gasteiger partial charge in [0.15, 0.2) is 0 Å². The Labute approximate surface area is 130 Å². The second-order valence-electron chi connectivity index (χ2n) is 6.05. The molecule has 1 N–H and O–H groups in total. The van der Waals surface area contributed by atoms with E-state index in [2.05, 4.69) is 0 Å². The number of rotatable bonds is 1. The van der Waals surface area contributed by atoms with E-state index in [4.69, 9.17) is 16.3 Å². The fourth-order valence-electron chi connectivity index (χ4n) is 2.62. The molecule has 1 atom stereocenters. The molecule has 0 aromatic heterocycles. The van der Waals surface area contributed by atoms with Gasteiger partial charge in [-0.1, -0.05) is 44.5 Å². The highest BCUT2D eigenvalue weighted by Gasteiger charge is 2.69. The number of aliphatic carboxylic acids is 1. The number of carbonyl (C=O) groups is 1. The molecule has 0 amide bonds. The zero-order chi connectivity index (χ0) is 16.9. The first-order valence-corrected chi connectivity index (χ1v) is 6.79. The van der Waals surface area contributed by atoms with Crippen LogP contribution in [0, 0.1) is 5.41 Å². The second-order valence-corrected chi connectivity index (χ2v) is 6.46. The van der Waals surface area contributed by atoms with E-state index in [1.165, 1.54) is 39.0 Å². The number of alkyl halides is 3. The summed E-state index contributed by atoms with van der Waals surface area (Å²) in [5.41, 5.74) is -5.22. The standard InChI is InChI=1S/C15H14ClF3O3/c1-13(2,3)14(15(17,18)19)9(12(20)21)7-8-5-4-6-10(16)11(8)22-14/h4-7H,1-3H3,(H,20,21). The van der Waals surface area contributed by atoms with Crippen LogP contribution in [-0.4, -0.2) is 22.9 Å². The van der Waals surface area contributed by atoms with Crippen molar-refractivity contribution >= 4 is 23.6 Å². The van der Waals surface area contributed by atoms with E-state index in [-0.39, 0.29) is 16.3 Å². The zero-order valence-corrected chi connectivity index (χ0v) is 12.8. The lowest BCUT2D eigenvalue weighted by Gasteiger charge is -2.47. The topological polar surface area (TPSA) is 46.5 Å². The van der Waals surface area contributed by atoms with Gasteiger partial charge in [0.05, 0.1) is 10.6 Å². The Hall–Kier alpha value is -1.69. The van der Waals surface area contributed by atoms with Gasteiger partial charge in [0.2, 0.25) is 5.60 Å². The first-order valence-electron chi connectivity index (χ1n) is 6.41. The maximum Gasteiger partial charge on any atom is 0.433 e. The molecule has 22 heavy (non-hydrogen) atoms. The Morgan fingerprint density at radius 1 is 1.27 bits per heavy atom. The molecule has 0 fully saturated rings. The van der Waals surface area contributed by atoms with Crippen LogP contribution in [0.1, 0.15) is 26.3 Å². The summed E-state index contributed by atoms with van der Waals surface area (Å²) in [5, 5.41) is 9.31. The van der Waals surface area contributed by atoms with E-state index < -0.39 is 28.7 Å². The van der Waals surface area contributed by atoms with Crippen molar-refractivity contribution in [2.75, 3.05) is 0 Å². The van der Waals surface area contributed by atoms with Crippen LogP contribution in [0.2, 0.25) is 5.02 Å². The number of carboxylic acids is 1. The lowest BCUT2D eigenvalue weighted by Crippen LogP contribution is -2.62. The Morgan fingerprint density at radius 2 is 1.86 bits per heavy atom. The van der Waals surface area contributed by atoms with Crippen molar-refractivity contribution < 1.29 is 27.8 Å². The third-order valence-electron chi connectivity index (χ3n) is 3.62. The molecule has 2 rings (SSSR count). The van der Waals surface area contributed by atoms with Crippen LogP contribution in [0.25, 0.3) is 6.08 Å². The molecule has 120 valence electrons. The molecule has 1 aliphatic heterocycles. The van der Waals surface area contributed by atoms with Crippen LogP contribution < -0.4 is 4.74 Å². The molecule has 3 nitrogen and oxygen atoms in total. The minimum Gasteiger partial charge on any atom is -0.478 e. The van der Waals surface area contributed by atoms with Gasteiger partial charge in [-0.2, -0.15) is 13.2 Å². The number of hydrogen-bond acceptors (Lipinski definition) is 2. The van der Waals surface area contributed by atoms with E-state index in [0.29, 0.717) is 0 Å². The van der Waals surface area contributed by atoms with E-state index in [1.54, 1.807) is 0 Å². The molecule has 1 aliphatic rings. The third kappa shape index (κ3) is 2.26. The molecule has 0 bridgehead atoms. The summed E-state index contributed by atoms with van der Waals surface area (Å²) in [7, 11) is 0. The van der Waals surface area contributed by atoms with Crippen molar-refractivity contribution in [2.24, 2.45) is 5.41 Å². The van der Waals surface area contributed by atoms with Gasteiger partial charge in [-0.05, 0) is 12.1 Å². The summed E-state index contributed by atoms with van der Waals surface area (Å²) in [4.78, 5) is 11.5. The largest absolute Gasteiger partial charge is 0.478 e. The minimum atomic E-state index is -4.94. The second kappa shape index (κ2) is 4.91. The summed E-state index contributed by atoms with van der Waals surface area (Å²) < 4.78 is 46.8. The van der Waals surface area contributed by atoms with Crippen LogP contribution in [-0.2, 0) is 4.79 Å². The highest BCUT2D eigenvalue weighted by molar-refractivity contribution is 6.32. The third-order valence-corrected chi connectivity index (χ3v) is 3.92. The van der Waals surface area contributed by atoms with Crippen molar-refractivity contribution in [1.29, 1.82) is 0 Å². The van der Waals surface area contributed by atoms with Gasteiger partial charge in [-0.15, -0.1) is 0 Å². The maximum absolute atomic E-state index is 13.9. The molecule has 1 unspecified atom stereocenters. The fourth-order valence-corrected chi connectivity index (χ4v) is 2.84. The van der Waals surface area contributed by atoms with Gasteiger partial charge in [0, 0.05) is 11.0 Å². The van der Waals surface area contributed by atoms with Crippen molar-refractivity contribution in [3.63, 3.8) is 0 Å². The Kier molecular flexibility index (Phi) is 3.72. The number of ether oxygens (including phenoxy) is 1. The van der Waals surface area contributed by atoms with Crippen molar-refractivity contribution in [2.45, 2.75) is 32.5 Å². The minimum absolute atomic E-state index is 0.00364. The number of benzene rings is 1. The summed E-state index contributed by atoms with van der Waals surface area (Å²) in [6, 6.07) is 4.36. The van der Waals surface area contributed by atoms with Crippen molar-refractivity contribution in [1.82, 2.24) is 0 Å². The van der Waals surface area contributed by atoms with E-state index in [1.807, 2.05) is 0 Å². The SMILES string of the molecule is CC(C)(C)C1(C(F)(F)F)Oc2c(Cl)cccc2C=C1C(=O)O. The van der Waals surface area contributed by atoms with Crippen LogP contribution in [0.5, 0.6) is 5.75 Å². The summed E-state index contributed by atoms with van der Waals surface area (Å²) in [6.45, 7) is 3.83. The predicted octanol–water partition coefficient (Wildman–Crippen LogP) is 4.55. The molecular weight excluding hydrogens is 321 g/mol. The smallest absolute Gasteiger partial charge is 0.433 e. The van der Waals surface area contributed by atoms with Crippen LogP contribution in [0.15, 0.2) is 23.8 Å². The Morgan fingerprint density at radius 3 is 2.32 bits per heavy atom. The molecule has 0 radical (unpaired) electrons. The van der Waals surface area contributed by atoms with Gasteiger partial charge in [-0.25, -0.2) is 4.79 Å². The lowest BCUT2D eigenvalue weighted by molar-refractivity contribution is -0.266. The number of hydrogen-bond donors (Lipinski definition) is 1. The lowest BCUT2D eigenvalue weighted by atomic mass is 9.69. The highest BCUT2D eigenvalue weighted by Crippen LogP contribution is 2.55. The van der Waals surface area contributed by atoms with Crippen LogP contribution >= 0.6 is 11.6 Å². The van der Waals surface area contributed by atoms with Crippen molar-refractivity contribution in [3.05, 3.63) is 34.4 Å². The molecule has 1 aromatic rings. The Bertz CT molecular complexity index is 643. The average Bonchev–Trinajstić information content (AvgIpc) is 2.35. The molecule has 0 saturated heterocycles. The number of carboxylic acid groups (broad SMARTS) is 1. The van der Waals surface area contributed by atoms with Gasteiger partial charge in [0.25, 0.3) is 0 Å². The molecule has 0 saturated carbocycles. The predicted molar refractivity (Wildman–Crippen MR) is 75.9 cm³/mol. The van der Waals surface area contributed by atoms with Crippen molar-refractivity contribution in [3.8, 4) is 5.75 Å². The van der Waals surface area contributed by atoms with Gasteiger partial charge < -0.3 is 9.84 Å². The molecule has 1 aromatic carbocycles. The summed E-state index contributed by atoms with van der Waals surface area (Å²) in [6.07, 6.45) is -3.96. The molecule has 0 spiro atoms. The highest BCUT2D eigenvalue weighted by atomic mass is 35.5. The molecule has 0 aliphatic carbocycles. The van der Waals surface area contributed by atoms with E-state index in [9.17, 15) is 23.1 Å². The number of para-hydroxylation sites is 1. The van der Waals surface area contributed by atoms with Gasteiger partial charge >= 0.3 is 12.1 Å². The van der Waals surface area contributed by atoms with E-state index >= 15 is 0 Å². The average molecular weight is 335 g/mol. The first-order chi connectivity index (χ1) is 9.92. The molecule has 7 heteroatoms. The normalized spacial score (nSPS) is 21.7. The molecular formula is C15H14ClF3O3. The van der Waals surface area contributed by atoms with Gasteiger partial charge in [0.1, 0.15) is 5.75 Å². The number of halogens is 4. The maximum atomic E-state index is 13.9. The summed E-state index contributed by atoms with van der Waals surface area (Å²) >= 11 is 5.93. The quantitative estimate of drug-likeness (QED) is 0.819. The molecule has 1 heterocycles. The van der Waals surface area contributed by atoms with Crippen LogP contribution in [0.3, 0.4) is 0 Å². The number of fused-ring (bicyclic) bond motifs is 1. The van der Waals surface area contributed by atoms with Crippen LogP contribution in [0.4, 0.5) is 13.2 Å². The monoisotopic (exact) mass is 334 g/mol. The first kappa shape index (κ1) is 16.7.